The molecule has 0 saturated heterocycles. The fourth-order valence-electron chi connectivity index (χ4n) is 3.67. The number of benzene rings is 3. The number of rotatable bonds is 9. The molecule has 3 aromatic carbocycles. The van der Waals surface area contributed by atoms with Crippen LogP contribution >= 0.6 is 24.0 Å². The van der Waals surface area contributed by atoms with Crippen molar-refractivity contribution in [3.63, 3.8) is 0 Å². The quantitative estimate of drug-likeness (QED) is 0.226. The van der Waals surface area contributed by atoms with Gasteiger partial charge in [0, 0.05) is 24.1 Å². The topological polar surface area (TPSA) is 92.7 Å². The van der Waals surface area contributed by atoms with Gasteiger partial charge in [-0.3, -0.25) is 4.79 Å². The summed E-state index contributed by atoms with van der Waals surface area (Å²) in [4.78, 5) is 11.7. The van der Waals surface area contributed by atoms with Crippen LogP contribution in [-0.2, 0) is 21.1 Å². The average Bonchev–Trinajstić information content (AvgIpc) is 2.79. The van der Waals surface area contributed by atoms with Crippen LogP contribution in [0.3, 0.4) is 0 Å². The van der Waals surface area contributed by atoms with Crippen molar-refractivity contribution in [3.05, 3.63) is 87.9 Å². The van der Waals surface area contributed by atoms with E-state index in [1.165, 1.54) is 13.0 Å². The summed E-state index contributed by atoms with van der Waals surface area (Å²) in [7, 11) is -3.78. The van der Waals surface area contributed by atoms with Crippen LogP contribution in [0.25, 0.3) is 0 Å². The predicted octanol–water partition coefficient (Wildman–Crippen LogP) is 5.00. The first kappa shape index (κ1) is 28.8. The lowest BCUT2D eigenvalue weighted by atomic mass is 10.1. The highest BCUT2D eigenvalue weighted by Crippen LogP contribution is 2.32. The van der Waals surface area contributed by atoms with Crippen LogP contribution in [0.4, 0.5) is 0 Å². The molecule has 188 valence electrons. The maximum absolute atomic E-state index is 13.2. The Morgan fingerprint density at radius 1 is 1.09 bits per heavy atom. The molecule has 0 heterocycles. The lowest BCUT2D eigenvalue weighted by Gasteiger charge is -2.14. The second-order valence-corrected chi connectivity index (χ2v) is 10.5. The molecule has 3 aromatic rings. The zero-order chi connectivity index (χ0) is 24.9. The minimum absolute atomic E-state index is 0. The summed E-state index contributed by atoms with van der Waals surface area (Å²) >= 11 is 5.96. The summed E-state index contributed by atoms with van der Waals surface area (Å²) in [5, 5.41) is 14.1. The molecular formula is C26H29Cl2NO5S. The van der Waals surface area contributed by atoms with Crippen molar-refractivity contribution < 1.29 is 23.1 Å². The summed E-state index contributed by atoms with van der Waals surface area (Å²) in [6, 6.07) is 17.0. The van der Waals surface area contributed by atoms with Gasteiger partial charge in [-0.1, -0.05) is 41.9 Å². The molecule has 1 atom stereocenters. The molecule has 0 saturated carbocycles. The zero-order valence-corrected chi connectivity index (χ0v) is 22.1. The molecule has 6 nitrogen and oxygen atoms in total. The number of hydrogen-bond acceptors (Lipinski definition) is 6. The van der Waals surface area contributed by atoms with Crippen LogP contribution in [-0.4, -0.2) is 32.6 Å². The SMILES string of the molecule is CC(=O)Oc1c(C)ccc(S(=O)(=O)c2ccc(CCNC[C@@H](O)c3cccc(Cl)c3)cc2)c1C.Cl. The van der Waals surface area contributed by atoms with Gasteiger partial charge in [0.25, 0.3) is 0 Å². The van der Waals surface area contributed by atoms with Gasteiger partial charge in [-0.05, 0) is 73.8 Å². The maximum atomic E-state index is 13.2. The minimum atomic E-state index is -3.78. The van der Waals surface area contributed by atoms with E-state index < -0.39 is 21.9 Å². The molecule has 0 aliphatic heterocycles. The van der Waals surface area contributed by atoms with Gasteiger partial charge < -0.3 is 15.2 Å². The fourth-order valence-corrected chi connectivity index (χ4v) is 5.36. The highest BCUT2D eigenvalue weighted by atomic mass is 35.5. The van der Waals surface area contributed by atoms with Crippen molar-refractivity contribution in [2.45, 2.75) is 43.1 Å². The normalized spacial score (nSPS) is 12.0. The lowest BCUT2D eigenvalue weighted by molar-refractivity contribution is -0.132. The van der Waals surface area contributed by atoms with Crippen molar-refractivity contribution in [3.8, 4) is 5.75 Å². The highest BCUT2D eigenvalue weighted by Gasteiger charge is 2.23. The third-order valence-electron chi connectivity index (χ3n) is 5.48. The van der Waals surface area contributed by atoms with E-state index in [4.69, 9.17) is 16.3 Å². The Hall–Kier alpha value is -2.42. The van der Waals surface area contributed by atoms with Crippen LogP contribution in [0.1, 0.15) is 35.3 Å². The van der Waals surface area contributed by atoms with Crippen LogP contribution in [0, 0.1) is 13.8 Å². The first-order chi connectivity index (χ1) is 16.1. The molecular weight excluding hydrogens is 509 g/mol. The Labute approximate surface area is 217 Å². The number of sulfone groups is 1. The number of halogens is 2. The molecule has 2 N–H and O–H groups in total. The first-order valence-electron chi connectivity index (χ1n) is 10.9. The van der Waals surface area contributed by atoms with E-state index in [1.807, 2.05) is 6.07 Å². The molecule has 0 bridgehead atoms. The summed E-state index contributed by atoms with van der Waals surface area (Å²) in [5.41, 5.74) is 2.81. The van der Waals surface area contributed by atoms with E-state index in [0.717, 1.165) is 11.1 Å². The van der Waals surface area contributed by atoms with Gasteiger partial charge in [0.05, 0.1) is 15.9 Å². The Morgan fingerprint density at radius 2 is 1.77 bits per heavy atom. The number of nitrogens with one attached hydrogen (secondary N) is 1. The van der Waals surface area contributed by atoms with Crippen LogP contribution in [0.15, 0.2) is 70.5 Å². The number of carbonyl (C=O) groups is 1. The number of aliphatic hydroxyl groups excluding tert-OH is 1. The van der Waals surface area contributed by atoms with E-state index in [9.17, 15) is 18.3 Å². The summed E-state index contributed by atoms with van der Waals surface area (Å²) in [5.74, 6) is -0.227. The van der Waals surface area contributed by atoms with Gasteiger partial charge in [-0.15, -0.1) is 12.4 Å². The number of aliphatic hydroxyl groups is 1. The summed E-state index contributed by atoms with van der Waals surface area (Å²) in [6.45, 7) is 5.68. The van der Waals surface area contributed by atoms with Gasteiger partial charge in [-0.25, -0.2) is 8.42 Å². The Bertz CT molecular complexity index is 1280. The van der Waals surface area contributed by atoms with Gasteiger partial charge in [-0.2, -0.15) is 0 Å². The van der Waals surface area contributed by atoms with Crippen molar-refractivity contribution in [2.75, 3.05) is 13.1 Å². The standard InChI is InChI=1S/C26H28ClNO5S.ClH/c1-17-7-12-25(18(2)26(17)33-19(3)29)34(31,32)23-10-8-20(9-11-23)13-14-28-16-24(30)21-5-4-6-22(27)15-21;/h4-12,15,24,28,30H,13-14,16H2,1-3H3;1H/t24-;/m1./s1. The Balaban J connectivity index is 0.00000432. The molecule has 0 aliphatic rings. The van der Waals surface area contributed by atoms with E-state index >= 15 is 0 Å². The Kier molecular flexibility index (Phi) is 10.3. The molecule has 0 aliphatic carbocycles. The van der Waals surface area contributed by atoms with Gasteiger partial charge in [0.2, 0.25) is 9.84 Å². The first-order valence-corrected chi connectivity index (χ1v) is 12.7. The molecule has 3 rings (SSSR count). The van der Waals surface area contributed by atoms with Crippen molar-refractivity contribution in [1.82, 2.24) is 5.32 Å². The number of ether oxygens (including phenoxy) is 1. The van der Waals surface area contributed by atoms with Gasteiger partial charge in [0.1, 0.15) is 5.75 Å². The van der Waals surface area contributed by atoms with Crippen LogP contribution in [0.2, 0.25) is 5.02 Å². The predicted molar refractivity (Wildman–Crippen MR) is 139 cm³/mol. The number of hydrogen-bond donors (Lipinski definition) is 2. The Morgan fingerprint density at radius 3 is 2.40 bits per heavy atom. The molecule has 0 spiro atoms. The van der Waals surface area contributed by atoms with Crippen molar-refractivity contribution >= 4 is 39.8 Å². The molecule has 0 unspecified atom stereocenters. The van der Waals surface area contributed by atoms with E-state index in [-0.39, 0.29) is 27.9 Å². The van der Waals surface area contributed by atoms with E-state index in [2.05, 4.69) is 5.32 Å². The molecule has 0 fully saturated rings. The second-order valence-electron chi connectivity index (χ2n) is 8.10. The monoisotopic (exact) mass is 537 g/mol. The second kappa shape index (κ2) is 12.5. The molecule has 0 amide bonds. The molecule has 0 radical (unpaired) electrons. The molecule has 9 heteroatoms. The minimum Gasteiger partial charge on any atom is -0.426 e. The average molecular weight is 538 g/mol. The number of aryl methyl sites for hydroxylation is 1. The third kappa shape index (κ3) is 7.29. The van der Waals surface area contributed by atoms with Crippen molar-refractivity contribution in [2.24, 2.45) is 0 Å². The van der Waals surface area contributed by atoms with Gasteiger partial charge >= 0.3 is 5.97 Å². The molecule has 0 aromatic heterocycles. The largest absolute Gasteiger partial charge is 0.426 e. The van der Waals surface area contributed by atoms with Crippen LogP contribution in [0.5, 0.6) is 5.75 Å². The van der Waals surface area contributed by atoms with E-state index in [1.54, 1.807) is 62.4 Å². The third-order valence-corrected chi connectivity index (χ3v) is 7.63. The summed E-state index contributed by atoms with van der Waals surface area (Å²) < 4.78 is 31.7. The smallest absolute Gasteiger partial charge is 0.308 e. The fraction of sp³-hybridized carbons (Fsp3) is 0.269. The van der Waals surface area contributed by atoms with E-state index in [0.29, 0.717) is 35.7 Å². The molecule has 35 heavy (non-hydrogen) atoms. The van der Waals surface area contributed by atoms with Gasteiger partial charge in [0.15, 0.2) is 0 Å². The van der Waals surface area contributed by atoms with Crippen molar-refractivity contribution in [1.29, 1.82) is 0 Å². The zero-order valence-electron chi connectivity index (χ0n) is 19.7. The summed E-state index contributed by atoms with van der Waals surface area (Å²) in [6.07, 6.45) is 0.00351. The van der Waals surface area contributed by atoms with Crippen LogP contribution < -0.4 is 10.1 Å². The highest BCUT2D eigenvalue weighted by molar-refractivity contribution is 7.91. The number of esters is 1. The number of carbonyl (C=O) groups excluding carboxylic acids is 1. The maximum Gasteiger partial charge on any atom is 0.308 e. The lowest BCUT2D eigenvalue weighted by Crippen LogP contribution is -2.23.